The first kappa shape index (κ1) is 35.1. The lowest BCUT2D eigenvalue weighted by atomic mass is 10.0. The fourth-order valence-electron chi connectivity index (χ4n) is 4.29. The van der Waals surface area contributed by atoms with Gasteiger partial charge in [-0.3, -0.25) is 15.0 Å². The van der Waals surface area contributed by atoms with Crippen molar-refractivity contribution in [2.45, 2.75) is 63.7 Å². The van der Waals surface area contributed by atoms with Gasteiger partial charge in [-0.25, -0.2) is 9.59 Å². The lowest BCUT2D eigenvalue weighted by Crippen LogP contribution is -2.58. The second kappa shape index (κ2) is 17.7. The zero-order valence-electron chi connectivity index (χ0n) is 24.7. The van der Waals surface area contributed by atoms with Crippen LogP contribution in [0.4, 0.5) is 4.79 Å². The van der Waals surface area contributed by atoms with E-state index in [1.54, 1.807) is 13.8 Å². The molecule has 4 atom stereocenters. The number of aliphatic carboxylic acids is 1. The molecule has 2 rings (SSSR count). The Labute approximate surface area is 255 Å². The fourth-order valence-corrected chi connectivity index (χ4v) is 4.29. The summed E-state index contributed by atoms with van der Waals surface area (Å²) in [6.07, 6.45) is 1.15. The van der Waals surface area contributed by atoms with Crippen LogP contribution < -0.4 is 32.3 Å². The molecule has 0 radical (unpaired) electrons. The van der Waals surface area contributed by atoms with Gasteiger partial charge in [0.05, 0.1) is 6.04 Å². The molecule has 14 nitrogen and oxygen atoms in total. The molecule has 0 unspecified atom stereocenters. The van der Waals surface area contributed by atoms with Crippen LogP contribution in [0.3, 0.4) is 0 Å². The number of amides is 4. The van der Waals surface area contributed by atoms with E-state index in [1.807, 2.05) is 30.3 Å². The topological polar surface area (TPSA) is 236 Å². The highest BCUT2D eigenvalue weighted by atomic mass is 16.4. The van der Waals surface area contributed by atoms with Crippen LogP contribution in [0.15, 0.2) is 54.6 Å². The quantitative estimate of drug-likeness (QED) is 0.0520. The van der Waals surface area contributed by atoms with E-state index in [1.165, 1.54) is 24.3 Å². The van der Waals surface area contributed by atoms with Gasteiger partial charge in [0.2, 0.25) is 11.8 Å². The lowest BCUT2D eigenvalue weighted by Gasteiger charge is -2.27. The van der Waals surface area contributed by atoms with Crippen molar-refractivity contribution < 1.29 is 34.2 Å². The molecular weight excluding hydrogens is 570 g/mol. The number of hydrogen-bond acceptors (Lipinski definition) is 7. The average Bonchev–Trinajstić information content (AvgIpc) is 2.97. The van der Waals surface area contributed by atoms with Gasteiger partial charge in [-0.15, -0.1) is 0 Å². The number of rotatable bonds is 17. The predicted octanol–water partition coefficient (Wildman–Crippen LogP) is 0.386. The van der Waals surface area contributed by atoms with Crippen molar-refractivity contribution in [1.29, 1.82) is 5.41 Å². The van der Waals surface area contributed by atoms with Crippen LogP contribution in [0.1, 0.15) is 37.8 Å². The molecule has 4 amide bonds. The Morgan fingerprint density at radius 1 is 0.864 bits per heavy atom. The van der Waals surface area contributed by atoms with Crippen LogP contribution >= 0.6 is 0 Å². The number of carbonyl (C=O) groups excluding carboxylic acids is 4. The highest BCUT2D eigenvalue weighted by Gasteiger charge is 2.30. The lowest BCUT2D eigenvalue weighted by molar-refractivity contribution is -0.139. The van der Waals surface area contributed by atoms with Crippen molar-refractivity contribution in [3.05, 3.63) is 65.7 Å². The number of urea groups is 1. The van der Waals surface area contributed by atoms with E-state index in [0.29, 0.717) is 11.8 Å². The van der Waals surface area contributed by atoms with Crippen LogP contribution in [0, 0.1) is 11.3 Å². The zero-order chi connectivity index (χ0) is 32.6. The standard InChI is InChI=1S/C30H41N7O7/c1-18(2)25(27(41)34-21(17-38)15-19-7-4-3-5-8-19)37-26(40)23(9-6-14-33-29(31)32)35-30(44)36-24(28(42)43)16-20-10-12-22(39)13-11-20/h3-5,7-8,10-13,17-18,21,23-25,39H,6,9,14-16H2,1-2H3,(H,34,41)(H,37,40)(H,42,43)(H4,31,32,33)(H2,35,36,44)/t21-,23-,24-,25-/m0/s1. The number of benzene rings is 2. The van der Waals surface area contributed by atoms with E-state index in [4.69, 9.17) is 11.1 Å². The summed E-state index contributed by atoms with van der Waals surface area (Å²) in [5.74, 6) is -3.25. The van der Waals surface area contributed by atoms with Gasteiger partial charge in [-0.05, 0) is 48.4 Å². The number of hydrogen-bond donors (Lipinski definition) is 9. The van der Waals surface area contributed by atoms with E-state index in [2.05, 4.69) is 26.6 Å². The normalized spacial score (nSPS) is 13.4. The van der Waals surface area contributed by atoms with Crippen LogP contribution in [0.5, 0.6) is 5.75 Å². The van der Waals surface area contributed by atoms with E-state index < -0.39 is 53.9 Å². The molecule has 0 aromatic heterocycles. The summed E-state index contributed by atoms with van der Waals surface area (Å²) >= 11 is 0. The number of nitrogens with one attached hydrogen (secondary N) is 6. The Bertz CT molecular complexity index is 1270. The van der Waals surface area contributed by atoms with E-state index in [9.17, 15) is 34.2 Å². The van der Waals surface area contributed by atoms with Gasteiger partial charge in [0.1, 0.15) is 30.2 Å². The molecule has 0 spiro atoms. The summed E-state index contributed by atoms with van der Waals surface area (Å²) in [7, 11) is 0. The van der Waals surface area contributed by atoms with E-state index in [-0.39, 0.29) is 43.9 Å². The van der Waals surface area contributed by atoms with Crippen LogP contribution in [0.2, 0.25) is 0 Å². The summed E-state index contributed by atoms with van der Waals surface area (Å²) < 4.78 is 0. The summed E-state index contributed by atoms with van der Waals surface area (Å²) in [6, 6.07) is 9.61. The van der Waals surface area contributed by atoms with Crippen LogP contribution in [-0.4, -0.2) is 77.0 Å². The SMILES string of the molecule is CC(C)[C@H](NC(=O)[C@H](CCCNC(=N)N)NC(=O)N[C@@H](Cc1ccc(O)cc1)C(=O)O)C(=O)N[C@H](C=O)Cc1ccccc1. The van der Waals surface area contributed by atoms with Gasteiger partial charge < -0.3 is 47.3 Å². The Kier molecular flexibility index (Phi) is 14.1. The van der Waals surface area contributed by atoms with Crippen molar-refractivity contribution in [2.75, 3.05) is 6.54 Å². The fraction of sp³-hybridized carbons (Fsp3) is 0.400. The highest BCUT2D eigenvalue weighted by molar-refractivity contribution is 5.93. The van der Waals surface area contributed by atoms with Crippen molar-refractivity contribution in [3.8, 4) is 5.75 Å². The number of phenols is 1. The first-order valence-electron chi connectivity index (χ1n) is 14.1. The second-order valence-corrected chi connectivity index (χ2v) is 10.6. The summed E-state index contributed by atoms with van der Waals surface area (Å²) in [6.45, 7) is 3.64. The van der Waals surface area contributed by atoms with Crippen molar-refractivity contribution in [1.82, 2.24) is 26.6 Å². The Hall–Kier alpha value is -5.14. The van der Waals surface area contributed by atoms with Gasteiger partial charge in [-0.1, -0.05) is 56.3 Å². The predicted molar refractivity (Wildman–Crippen MR) is 163 cm³/mol. The third-order valence-electron chi connectivity index (χ3n) is 6.62. The molecule has 44 heavy (non-hydrogen) atoms. The summed E-state index contributed by atoms with van der Waals surface area (Å²) in [5.41, 5.74) is 6.70. The largest absolute Gasteiger partial charge is 0.508 e. The molecule has 0 saturated heterocycles. The molecule has 0 fully saturated rings. The van der Waals surface area contributed by atoms with Crippen LogP contribution in [-0.2, 0) is 32.0 Å². The van der Waals surface area contributed by atoms with Crippen molar-refractivity contribution in [2.24, 2.45) is 11.7 Å². The van der Waals surface area contributed by atoms with E-state index in [0.717, 1.165) is 5.56 Å². The monoisotopic (exact) mass is 611 g/mol. The van der Waals surface area contributed by atoms with Gasteiger partial charge in [0.25, 0.3) is 0 Å². The maximum Gasteiger partial charge on any atom is 0.326 e. The first-order chi connectivity index (χ1) is 20.9. The number of carbonyl (C=O) groups is 5. The number of guanidine groups is 1. The molecule has 0 aliphatic carbocycles. The average molecular weight is 612 g/mol. The minimum absolute atomic E-state index is 0.00528. The minimum atomic E-state index is -1.35. The first-order valence-corrected chi connectivity index (χ1v) is 14.1. The third-order valence-corrected chi connectivity index (χ3v) is 6.62. The van der Waals surface area contributed by atoms with Gasteiger partial charge in [0.15, 0.2) is 5.96 Å². The summed E-state index contributed by atoms with van der Waals surface area (Å²) in [4.78, 5) is 63.0. The molecule has 0 saturated carbocycles. The molecular formula is C30H41N7O7. The molecule has 10 N–H and O–H groups in total. The smallest absolute Gasteiger partial charge is 0.326 e. The molecule has 0 aliphatic rings. The number of nitrogens with two attached hydrogens (primary N) is 1. The highest BCUT2D eigenvalue weighted by Crippen LogP contribution is 2.12. The Morgan fingerprint density at radius 3 is 2.05 bits per heavy atom. The Balaban J connectivity index is 2.12. The molecule has 0 heterocycles. The number of phenolic OH excluding ortho intramolecular Hbond substituents is 1. The zero-order valence-corrected chi connectivity index (χ0v) is 24.7. The third kappa shape index (κ3) is 12.4. The summed E-state index contributed by atoms with van der Waals surface area (Å²) in [5, 5.41) is 39.2. The molecule has 0 aliphatic heterocycles. The molecule has 2 aromatic carbocycles. The molecule has 14 heteroatoms. The van der Waals surface area contributed by atoms with Gasteiger partial charge >= 0.3 is 12.0 Å². The second-order valence-electron chi connectivity index (χ2n) is 10.6. The van der Waals surface area contributed by atoms with Crippen LogP contribution in [0.25, 0.3) is 0 Å². The molecule has 2 aromatic rings. The Morgan fingerprint density at radius 2 is 1.48 bits per heavy atom. The number of carboxylic acid groups (broad SMARTS) is 1. The maximum absolute atomic E-state index is 13.4. The number of aromatic hydroxyl groups is 1. The van der Waals surface area contributed by atoms with Gasteiger partial charge in [0, 0.05) is 13.0 Å². The number of carboxylic acids is 1. The maximum atomic E-state index is 13.4. The molecule has 0 bridgehead atoms. The number of aldehydes is 1. The van der Waals surface area contributed by atoms with E-state index >= 15 is 0 Å². The van der Waals surface area contributed by atoms with Crippen molar-refractivity contribution in [3.63, 3.8) is 0 Å². The van der Waals surface area contributed by atoms with Gasteiger partial charge in [-0.2, -0.15) is 0 Å². The van der Waals surface area contributed by atoms with Crippen molar-refractivity contribution >= 4 is 36.1 Å². The minimum Gasteiger partial charge on any atom is -0.508 e. The molecule has 238 valence electrons.